The molecule has 1 atom stereocenters. The van der Waals surface area contributed by atoms with E-state index in [4.69, 9.17) is 0 Å². The summed E-state index contributed by atoms with van der Waals surface area (Å²) in [6.45, 7) is 2.02. The molecule has 0 radical (unpaired) electrons. The van der Waals surface area contributed by atoms with Crippen molar-refractivity contribution in [3.63, 3.8) is 0 Å². The molecule has 0 fully saturated rings. The zero-order valence-electron chi connectivity index (χ0n) is 11.0. The van der Waals surface area contributed by atoms with Gasteiger partial charge in [0.15, 0.2) is 0 Å². The van der Waals surface area contributed by atoms with Crippen LogP contribution in [-0.2, 0) is 0 Å². The fraction of sp³-hybridized carbons (Fsp3) is 0.118. The molecule has 0 saturated carbocycles. The Morgan fingerprint density at radius 2 is 1.90 bits per heavy atom. The molecule has 3 aromatic rings. The maximum Gasteiger partial charge on any atom is 0.106 e. The summed E-state index contributed by atoms with van der Waals surface area (Å²) in [4.78, 5) is 4.34. The Kier molecular flexibility index (Phi) is 3.55. The molecule has 2 nitrogen and oxygen atoms in total. The molecule has 0 aliphatic carbocycles. The second-order valence-corrected chi connectivity index (χ2v) is 5.70. The topological polar surface area (TPSA) is 33.1 Å². The van der Waals surface area contributed by atoms with Gasteiger partial charge in [-0.25, -0.2) is 0 Å². The fourth-order valence-electron chi connectivity index (χ4n) is 2.41. The molecule has 1 N–H and O–H groups in total. The van der Waals surface area contributed by atoms with Crippen LogP contribution in [0, 0.1) is 6.92 Å². The lowest BCUT2D eigenvalue weighted by Crippen LogP contribution is -2.02. The summed E-state index contributed by atoms with van der Waals surface area (Å²) in [6, 6.07) is 15.7. The molecule has 1 aromatic heterocycles. The molecule has 3 heteroatoms. The van der Waals surface area contributed by atoms with Crippen LogP contribution in [0.5, 0.6) is 0 Å². The number of hydrogen-bond acceptors (Lipinski definition) is 2. The van der Waals surface area contributed by atoms with Gasteiger partial charge in [-0.3, -0.25) is 4.98 Å². The molecule has 1 unspecified atom stereocenters. The quantitative estimate of drug-likeness (QED) is 0.757. The van der Waals surface area contributed by atoms with Crippen molar-refractivity contribution in [3.05, 3.63) is 75.9 Å². The predicted octanol–water partition coefficient (Wildman–Crippen LogP) is 4.39. The molecular formula is C17H14BrNO. The van der Waals surface area contributed by atoms with Crippen LogP contribution in [0.4, 0.5) is 0 Å². The number of nitrogens with zero attached hydrogens (tertiary/aromatic N) is 1. The molecule has 100 valence electrons. The molecule has 2 aromatic carbocycles. The molecule has 20 heavy (non-hydrogen) atoms. The lowest BCUT2D eigenvalue weighted by Gasteiger charge is -2.16. The zero-order valence-corrected chi connectivity index (χ0v) is 12.6. The van der Waals surface area contributed by atoms with Crippen molar-refractivity contribution < 1.29 is 5.11 Å². The van der Waals surface area contributed by atoms with E-state index in [2.05, 4.69) is 20.9 Å². The summed E-state index contributed by atoms with van der Waals surface area (Å²) in [7, 11) is 0. The Hall–Kier alpha value is -1.71. The lowest BCUT2D eigenvalue weighted by atomic mass is 9.97. The Morgan fingerprint density at radius 1 is 1.05 bits per heavy atom. The average Bonchev–Trinajstić information content (AvgIpc) is 2.48. The number of rotatable bonds is 2. The van der Waals surface area contributed by atoms with Gasteiger partial charge in [0.1, 0.15) is 6.10 Å². The van der Waals surface area contributed by atoms with E-state index >= 15 is 0 Å². The number of aliphatic hydroxyl groups excluding tert-OH is 1. The Morgan fingerprint density at radius 3 is 2.75 bits per heavy atom. The van der Waals surface area contributed by atoms with Gasteiger partial charge in [-0.05, 0) is 36.2 Å². The summed E-state index contributed by atoms with van der Waals surface area (Å²) in [5, 5.41) is 11.7. The van der Waals surface area contributed by atoms with E-state index in [-0.39, 0.29) is 0 Å². The lowest BCUT2D eigenvalue weighted by molar-refractivity contribution is 0.221. The number of benzene rings is 2. The summed E-state index contributed by atoms with van der Waals surface area (Å²) in [5.41, 5.74) is 3.77. The van der Waals surface area contributed by atoms with Crippen LogP contribution in [0.15, 0.2) is 59.2 Å². The van der Waals surface area contributed by atoms with Crippen LogP contribution in [0.3, 0.4) is 0 Å². The van der Waals surface area contributed by atoms with Crippen molar-refractivity contribution in [2.24, 2.45) is 0 Å². The van der Waals surface area contributed by atoms with E-state index in [0.29, 0.717) is 0 Å². The number of hydrogen-bond donors (Lipinski definition) is 1. The molecule has 3 rings (SSSR count). The first-order valence-corrected chi connectivity index (χ1v) is 7.24. The maximum atomic E-state index is 10.7. The van der Waals surface area contributed by atoms with E-state index < -0.39 is 6.10 Å². The fourth-order valence-corrected chi connectivity index (χ4v) is 2.87. The molecule has 0 spiro atoms. The molecular weight excluding hydrogens is 314 g/mol. The van der Waals surface area contributed by atoms with Crippen LogP contribution in [-0.4, -0.2) is 10.1 Å². The van der Waals surface area contributed by atoms with Gasteiger partial charge in [-0.1, -0.05) is 51.8 Å². The van der Waals surface area contributed by atoms with E-state index in [1.807, 2.05) is 55.5 Å². The summed E-state index contributed by atoms with van der Waals surface area (Å²) < 4.78 is 0.913. The second kappa shape index (κ2) is 5.35. The van der Waals surface area contributed by atoms with Gasteiger partial charge in [0.05, 0.1) is 5.52 Å². The van der Waals surface area contributed by atoms with Gasteiger partial charge >= 0.3 is 0 Å². The Bertz CT molecular complexity index is 765. The molecule has 0 aliphatic heterocycles. The van der Waals surface area contributed by atoms with Gasteiger partial charge < -0.3 is 5.11 Å². The van der Waals surface area contributed by atoms with E-state index in [1.165, 1.54) is 0 Å². The summed E-state index contributed by atoms with van der Waals surface area (Å²) in [6.07, 6.45) is 1.10. The van der Waals surface area contributed by atoms with Crippen molar-refractivity contribution >= 4 is 26.8 Å². The van der Waals surface area contributed by atoms with Crippen LogP contribution >= 0.6 is 15.9 Å². The third-order valence-electron chi connectivity index (χ3n) is 3.42. The third-order valence-corrected chi connectivity index (χ3v) is 4.14. The number of aliphatic hydroxyl groups is 1. The van der Waals surface area contributed by atoms with Crippen LogP contribution in [0.25, 0.3) is 10.9 Å². The van der Waals surface area contributed by atoms with Gasteiger partial charge in [0, 0.05) is 16.1 Å². The highest BCUT2D eigenvalue weighted by atomic mass is 79.9. The van der Waals surface area contributed by atoms with Crippen molar-refractivity contribution in [2.45, 2.75) is 13.0 Å². The average molecular weight is 328 g/mol. The molecule has 0 saturated heterocycles. The Balaban J connectivity index is 2.17. The Labute approximate surface area is 126 Å². The number of aromatic nitrogens is 1. The minimum atomic E-state index is -0.669. The second-order valence-electron chi connectivity index (χ2n) is 4.84. The van der Waals surface area contributed by atoms with Gasteiger partial charge in [0.25, 0.3) is 0 Å². The van der Waals surface area contributed by atoms with Crippen molar-refractivity contribution in [2.75, 3.05) is 0 Å². The van der Waals surface area contributed by atoms with E-state index in [0.717, 1.165) is 32.1 Å². The first-order valence-electron chi connectivity index (χ1n) is 6.44. The van der Waals surface area contributed by atoms with Gasteiger partial charge in [0.2, 0.25) is 0 Å². The standard InChI is InChI=1S/C17H14BrNO/c1-11-7-8-15(18)14(10-11)17(20)13-4-2-6-16-12(13)5-3-9-19-16/h2-10,17,20H,1H3. The summed E-state index contributed by atoms with van der Waals surface area (Å²) in [5.74, 6) is 0. The van der Waals surface area contributed by atoms with Crippen molar-refractivity contribution in [3.8, 4) is 0 Å². The van der Waals surface area contributed by atoms with E-state index in [1.54, 1.807) is 6.20 Å². The van der Waals surface area contributed by atoms with Gasteiger partial charge in [-0.2, -0.15) is 0 Å². The van der Waals surface area contributed by atoms with Crippen molar-refractivity contribution in [1.82, 2.24) is 4.98 Å². The van der Waals surface area contributed by atoms with Crippen LogP contribution in [0.2, 0.25) is 0 Å². The molecule has 0 bridgehead atoms. The first kappa shape index (κ1) is 13.3. The van der Waals surface area contributed by atoms with Gasteiger partial charge in [-0.15, -0.1) is 0 Å². The highest BCUT2D eigenvalue weighted by molar-refractivity contribution is 9.10. The summed E-state index contributed by atoms with van der Waals surface area (Å²) >= 11 is 3.52. The van der Waals surface area contributed by atoms with Crippen LogP contribution in [0.1, 0.15) is 22.8 Å². The number of aryl methyl sites for hydroxylation is 1. The highest BCUT2D eigenvalue weighted by Crippen LogP contribution is 2.32. The predicted molar refractivity (Wildman–Crippen MR) is 84.7 cm³/mol. The van der Waals surface area contributed by atoms with Crippen LogP contribution < -0.4 is 0 Å². The third kappa shape index (κ3) is 2.35. The maximum absolute atomic E-state index is 10.7. The molecule has 0 amide bonds. The monoisotopic (exact) mass is 327 g/mol. The normalized spacial score (nSPS) is 12.6. The minimum absolute atomic E-state index is 0.669. The largest absolute Gasteiger partial charge is 0.384 e. The van der Waals surface area contributed by atoms with E-state index in [9.17, 15) is 5.11 Å². The number of pyridine rings is 1. The number of halogens is 1. The first-order chi connectivity index (χ1) is 9.66. The van der Waals surface area contributed by atoms with Crippen molar-refractivity contribution in [1.29, 1.82) is 0 Å². The minimum Gasteiger partial charge on any atom is -0.384 e. The SMILES string of the molecule is Cc1ccc(Br)c(C(O)c2cccc3ncccc23)c1. The highest BCUT2D eigenvalue weighted by Gasteiger charge is 2.16. The smallest absolute Gasteiger partial charge is 0.106 e. The molecule has 1 heterocycles. The molecule has 0 aliphatic rings. The number of fused-ring (bicyclic) bond motifs is 1. The zero-order chi connectivity index (χ0) is 14.1.